The van der Waals surface area contributed by atoms with Gasteiger partial charge < -0.3 is 5.73 Å². The molecule has 2 N–H and O–H groups in total. The quantitative estimate of drug-likeness (QED) is 0.711. The Morgan fingerprint density at radius 1 is 1.12 bits per heavy atom. The van der Waals surface area contributed by atoms with Crippen LogP contribution < -0.4 is 5.73 Å². The highest BCUT2D eigenvalue weighted by molar-refractivity contribution is 7.15. The van der Waals surface area contributed by atoms with E-state index in [-0.39, 0.29) is 0 Å². The maximum Gasteiger partial charge on any atom is 0.134 e. The van der Waals surface area contributed by atoms with Gasteiger partial charge in [0.05, 0.1) is 5.52 Å². The van der Waals surface area contributed by atoms with Crippen molar-refractivity contribution in [1.82, 2.24) is 9.97 Å². The summed E-state index contributed by atoms with van der Waals surface area (Å²) in [5.41, 5.74) is 7.84. The molecule has 0 bridgehead atoms. The molecule has 2 heterocycles. The van der Waals surface area contributed by atoms with E-state index in [2.05, 4.69) is 23.0 Å². The Morgan fingerprint density at radius 2 is 2.00 bits per heavy atom. The number of nitrogen functional groups attached to an aromatic ring is 1. The number of nitrogens with zero attached hydrogens (tertiary/aromatic N) is 2. The highest BCUT2D eigenvalue weighted by Crippen LogP contribution is 2.30. The lowest BCUT2D eigenvalue weighted by molar-refractivity contribution is 1.23. The number of rotatable bonds is 1. The summed E-state index contributed by atoms with van der Waals surface area (Å²) in [7, 11) is 0. The van der Waals surface area contributed by atoms with Crippen molar-refractivity contribution < 1.29 is 0 Å². The Bertz CT molecular complexity index is 688. The van der Waals surface area contributed by atoms with Crippen LogP contribution in [0.1, 0.15) is 4.88 Å². The van der Waals surface area contributed by atoms with Crippen molar-refractivity contribution in [2.45, 2.75) is 0 Å². The number of anilines is 1. The maximum atomic E-state index is 5.85. The van der Waals surface area contributed by atoms with Crippen LogP contribution in [-0.4, -0.2) is 9.97 Å². The normalized spacial score (nSPS) is 10.9. The summed E-state index contributed by atoms with van der Waals surface area (Å²) in [5, 5.41) is 0.893. The van der Waals surface area contributed by atoms with Crippen LogP contribution in [0.15, 0.2) is 36.7 Å². The number of thiophene rings is 1. The van der Waals surface area contributed by atoms with E-state index in [1.165, 1.54) is 11.2 Å². The SMILES string of the molecule is [CH2]c1ccc(-c2ccc3ncnc(N)c3c2)s1. The number of hydrogen-bond acceptors (Lipinski definition) is 4. The summed E-state index contributed by atoms with van der Waals surface area (Å²) in [5.74, 6) is 0.517. The zero-order valence-electron chi connectivity index (χ0n) is 9.05. The van der Waals surface area contributed by atoms with Crippen molar-refractivity contribution in [1.29, 1.82) is 0 Å². The molecular weight excluding hydrogens is 230 g/mol. The van der Waals surface area contributed by atoms with Crippen LogP contribution in [0.4, 0.5) is 5.82 Å². The summed E-state index contributed by atoms with van der Waals surface area (Å²) in [4.78, 5) is 10.4. The molecule has 17 heavy (non-hydrogen) atoms. The lowest BCUT2D eigenvalue weighted by Crippen LogP contribution is -1.92. The second-order valence-corrected chi connectivity index (χ2v) is 4.93. The van der Waals surface area contributed by atoms with Crippen molar-refractivity contribution in [3.63, 3.8) is 0 Å². The van der Waals surface area contributed by atoms with E-state index in [4.69, 9.17) is 5.73 Å². The van der Waals surface area contributed by atoms with E-state index >= 15 is 0 Å². The molecule has 0 aliphatic carbocycles. The number of aromatic nitrogens is 2. The fourth-order valence-electron chi connectivity index (χ4n) is 1.76. The lowest BCUT2D eigenvalue weighted by Gasteiger charge is -2.02. The first-order valence-corrected chi connectivity index (χ1v) is 5.98. The molecule has 0 fully saturated rings. The third-order valence-corrected chi connectivity index (χ3v) is 3.60. The molecule has 83 valence electrons. The number of benzene rings is 1. The highest BCUT2D eigenvalue weighted by atomic mass is 32.1. The first-order chi connectivity index (χ1) is 8.24. The molecule has 2 aromatic heterocycles. The van der Waals surface area contributed by atoms with E-state index in [0.717, 1.165) is 21.3 Å². The molecule has 0 aliphatic heterocycles. The van der Waals surface area contributed by atoms with Crippen molar-refractivity contribution in [3.8, 4) is 10.4 Å². The predicted octanol–water partition coefficient (Wildman–Crippen LogP) is 3.12. The van der Waals surface area contributed by atoms with Crippen LogP contribution in [0.3, 0.4) is 0 Å². The molecule has 0 saturated carbocycles. The van der Waals surface area contributed by atoms with Crippen molar-refractivity contribution in [3.05, 3.63) is 48.5 Å². The summed E-state index contributed by atoms with van der Waals surface area (Å²) >= 11 is 1.66. The molecule has 0 spiro atoms. The Hall–Kier alpha value is -1.94. The van der Waals surface area contributed by atoms with Gasteiger partial charge in [-0.2, -0.15) is 0 Å². The van der Waals surface area contributed by atoms with E-state index < -0.39 is 0 Å². The minimum atomic E-state index is 0.517. The van der Waals surface area contributed by atoms with Gasteiger partial charge in [-0.1, -0.05) is 6.07 Å². The van der Waals surface area contributed by atoms with E-state index in [9.17, 15) is 0 Å². The van der Waals surface area contributed by atoms with Gasteiger partial charge in [-0.15, -0.1) is 11.3 Å². The Labute approximate surface area is 103 Å². The summed E-state index contributed by atoms with van der Waals surface area (Å²) < 4.78 is 0. The van der Waals surface area contributed by atoms with E-state index in [0.29, 0.717) is 5.82 Å². The average Bonchev–Trinajstić information content (AvgIpc) is 2.76. The van der Waals surface area contributed by atoms with Gasteiger partial charge >= 0.3 is 0 Å². The van der Waals surface area contributed by atoms with Gasteiger partial charge in [0.1, 0.15) is 12.1 Å². The molecular formula is C13H10N3S. The van der Waals surface area contributed by atoms with E-state index in [1.54, 1.807) is 11.3 Å². The van der Waals surface area contributed by atoms with Gasteiger partial charge in [-0.3, -0.25) is 0 Å². The number of fused-ring (bicyclic) bond motifs is 1. The van der Waals surface area contributed by atoms with Gasteiger partial charge in [0.25, 0.3) is 0 Å². The van der Waals surface area contributed by atoms with Crippen LogP contribution in [0.25, 0.3) is 21.3 Å². The van der Waals surface area contributed by atoms with Crippen LogP contribution in [0.5, 0.6) is 0 Å². The number of hydrogen-bond donors (Lipinski definition) is 1. The third-order valence-electron chi connectivity index (χ3n) is 2.61. The third kappa shape index (κ3) is 1.76. The summed E-state index contributed by atoms with van der Waals surface area (Å²) in [6.45, 7) is 3.92. The molecule has 1 aromatic carbocycles. The summed E-state index contributed by atoms with van der Waals surface area (Å²) in [6.07, 6.45) is 1.48. The summed E-state index contributed by atoms with van der Waals surface area (Å²) in [6, 6.07) is 10.1. The molecule has 0 atom stereocenters. The van der Waals surface area contributed by atoms with Crippen LogP contribution in [0, 0.1) is 6.92 Å². The minimum Gasteiger partial charge on any atom is -0.383 e. The van der Waals surface area contributed by atoms with Gasteiger partial charge in [0, 0.05) is 15.1 Å². The van der Waals surface area contributed by atoms with E-state index in [1.807, 2.05) is 24.3 Å². The smallest absolute Gasteiger partial charge is 0.134 e. The van der Waals surface area contributed by atoms with Crippen molar-refractivity contribution in [2.75, 3.05) is 5.73 Å². The first kappa shape index (κ1) is 10.2. The minimum absolute atomic E-state index is 0.517. The monoisotopic (exact) mass is 240 g/mol. The average molecular weight is 240 g/mol. The van der Waals surface area contributed by atoms with Crippen LogP contribution >= 0.6 is 11.3 Å². The van der Waals surface area contributed by atoms with Crippen LogP contribution in [0.2, 0.25) is 0 Å². The predicted molar refractivity (Wildman–Crippen MR) is 71.7 cm³/mol. The second kappa shape index (κ2) is 3.82. The zero-order chi connectivity index (χ0) is 11.8. The Kier molecular flexibility index (Phi) is 2.30. The molecule has 0 saturated heterocycles. The standard InChI is InChI=1S/C13H10N3S/c1-8-2-5-12(17-8)9-3-4-11-10(6-9)13(14)16-7-15-11/h2-7H,1H2,(H2,14,15,16). The number of nitrogens with two attached hydrogens (primary N) is 1. The highest BCUT2D eigenvalue weighted by Gasteiger charge is 2.05. The first-order valence-electron chi connectivity index (χ1n) is 5.16. The fourth-order valence-corrected chi connectivity index (χ4v) is 2.56. The Balaban J connectivity index is 2.22. The maximum absolute atomic E-state index is 5.85. The molecule has 3 nitrogen and oxygen atoms in total. The van der Waals surface area contributed by atoms with Crippen molar-refractivity contribution in [2.24, 2.45) is 0 Å². The van der Waals surface area contributed by atoms with Gasteiger partial charge in [-0.25, -0.2) is 9.97 Å². The topological polar surface area (TPSA) is 51.8 Å². The van der Waals surface area contributed by atoms with Crippen molar-refractivity contribution >= 4 is 28.1 Å². The largest absolute Gasteiger partial charge is 0.383 e. The molecule has 4 heteroatoms. The van der Waals surface area contributed by atoms with Crippen LogP contribution in [-0.2, 0) is 0 Å². The molecule has 0 amide bonds. The molecule has 3 rings (SSSR count). The fraction of sp³-hybridized carbons (Fsp3) is 0. The molecule has 3 aromatic rings. The molecule has 1 radical (unpaired) electrons. The molecule has 0 aliphatic rings. The molecule has 0 unspecified atom stereocenters. The Morgan fingerprint density at radius 3 is 2.76 bits per heavy atom. The van der Waals surface area contributed by atoms with Gasteiger partial charge in [0.2, 0.25) is 0 Å². The lowest BCUT2D eigenvalue weighted by atomic mass is 10.1. The zero-order valence-corrected chi connectivity index (χ0v) is 9.87. The van der Waals surface area contributed by atoms with Gasteiger partial charge in [0.15, 0.2) is 0 Å². The van der Waals surface area contributed by atoms with Gasteiger partial charge in [-0.05, 0) is 36.8 Å². The second-order valence-electron chi connectivity index (χ2n) is 3.76.